The Morgan fingerprint density at radius 1 is 1.29 bits per heavy atom. The number of carbonyl (C=O) groups excluding carboxylic acids is 1. The number of carbonyl (C=O) groups is 1. The van der Waals surface area contributed by atoms with Gasteiger partial charge in [-0.15, -0.1) is 11.6 Å². The number of alkyl halides is 1. The molecule has 0 saturated heterocycles. The SMILES string of the molecule is COc1ccc(CCC(=O)NCC2CCCC2CCl)cc1. The molecule has 2 atom stereocenters. The molecule has 4 heteroatoms. The van der Waals surface area contributed by atoms with Crippen molar-refractivity contribution in [2.24, 2.45) is 11.8 Å². The molecule has 21 heavy (non-hydrogen) atoms. The minimum atomic E-state index is 0.131. The molecule has 0 bridgehead atoms. The van der Waals surface area contributed by atoms with Gasteiger partial charge in [-0.05, 0) is 48.8 Å². The first kappa shape index (κ1) is 16.2. The van der Waals surface area contributed by atoms with Gasteiger partial charge in [0.15, 0.2) is 0 Å². The van der Waals surface area contributed by atoms with E-state index in [0.717, 1.165) is 24.3 Å². The summed E-state index contributed by atoms with van der Waals surface area (Å²) in [6.07, 6.45) is 4.93. The molecule has 1 fully saturated rings. The average Bonchev–Trinajstić information content (AvgIpc) is 2.99. The Morgan fingerprint density at radius 3 is 2.67 bits per heavy atom. The Kier molecular flexibility index (Phi) is 6.37. The van der Waals surface area contributed by atoms with Crippen LogP contribution in [0.5, 0.6) is 5.75 Å². The Morgan fingerprint density at radius 2 is 2.00 bits per heavy atom. The van der Waals surface area contributed by atoms with Gasteiger partial charge in [-0.2, -0.15) is 0 Å². The van der Waals surface area contributed by atoms with Gasteiger partial charge < -0.3 is 10.1 Å². The number of methoxy groups -OCH3 is 1. The molecule has 0 aromatic heterocycles. The van der Waals surface area contributed by atoms with Crippen LogP contribution < -0.4 is 10.1 Å². The van der Waals surface area contributed by atoms with Gasteiger partial charge >= 0.3 is 0 Å². The van der Waals surface area contributed by atoms with Crippen LogP contribution in [0, 0.1) is 11.8 Å². The van der Waals surface area contributed by atoms with Crippen molar-refractivity contribution in [1.29, 1.82) is 0 Å². The van der Waals surface area contributed by atoms with Crippen LogP contribution in [-0.2, 0) is 11.2 Å². The van der Waals surface area contributed by atoms with Crippen LogP contribution in [0.15, 0.2) is 24.3 Å². The van der Waals surface area contributed by atoms with Crippen LogP contribution in [-0.4, -0.2) is 25.4 Å². The summed E-state index contributed by atoms with van der Waals surface area (Å²) in [6, 6.07) is 7.87. The summed E-state index contributed by atoms with van der Waals surface area (Å²) in [6.45, 7) is 0.777. The maximum atomic E-state index is 11.9. The molecule has 116 valence electrons. The van der Waals surface area contributed by atoms with E-state index in [1.54, 1.807) is 7.11 Å². The summed E-state index contributed by atoms with van der Waals surface area (Å²) in [5.74, 6) is 2.83. The highest BCUT2D eigenvalue weighted by atomic mass is 35.5. The number of rotatable bonds is 7. The third-order valence-corrected chi connectivity index (χ3v) is 4.77. The van der Waals surface area contributed by atoms with Gasteiger partial charge in [-0.1, -0.05) is 18.6 Å². The lowest BCUT2D eigenvalue weighted by Gasteiger charge is -2.17. The molecule has 2 unspecified atom stereocenters. The first-order valence-electron chi connectivity index (χ1n) is 7.68. The summed E-state index contributed by atoms with van der Waals surface area (Å²) in [4.78, 5) is 11.9. The van der Waals surface area contributed by atoms with Gasteiger partial charge in [0.25, 0.3) is 0 Å². The third-order valence-electron chi connectivity index (χ3n) is 4.38. The molecule has 1 aromatic rings. The molecular formula is C17H24ClNO2. The van der Waals surface area contributed by atoms with Crippen LogP contribution in [0.25, 0.3) is 0 Å². The molecule has 1 aliphatic carbocycles. The lowest BCUT2D eigenvalue weighted by Crippen LogP contribution is -2.31. The van der Waals surface area contributed by atoms with E-state index in [2.05, 4.69) is 5.32 Å². The molecule has 0 aliphatic heterocycles. The van der Waals surface area contributed by atoms with Crippen molar-refractivity contribution < 1.29 is 9.53 Å². The zero-order chi connectivity index (χ0) is 15.1. The number of nitrogens with one attached hydrogen (secondary N) is 1. The number of ether oxygens (including phenoxy) is 1. The Labute approximate surface area is 132 Å². The number of benzene rings is 1. The van der Waals surface area contributed by atoms with Gasteiger partial charge in [-0.3, -0.25) is 4.79 Å². The molecular weight excluding hydrogens is 286 g/mol. The second kappa shape index (κ2) is 8.28. The van der Waals surface area contributed by atoms with Crippen molar-refractivity contribution in [3.8, 4) is 5.75 Å². The number of hydrogen-bond acceptors (Lipinski definition) is 2. The average molecular weight is 310 g/mol. The van der Waals surface area contributed by atoms with Crippen molar-refractivity contribution in [1.82, 2.24) is 5.32 Å². The fraction of sp³-hybridized carbons (Fsp3) is 0.588. The predicted molar refractivity (Wildman–Crippen MR) is 85.9 cm³/mol. The normalized spacial score (nSPS) is 21.2. The molecule has 2 rings (SSSR count). The Hall–Kier alpha value is -1.22. The van der Waals surface area contributed by atoms with E-state index in [1.165, 1.54) is 19.3 Å². The smallest absolute Gasteiger partial charge is 0.220 e. The zero-order valence-corrected chi connectivity index (χ0v) is 13.4. The second-order valence-electron chi connectivity index (χ2n) is 5.76. The van der Waals surface area contributed by atoms with Gasteiger partial charge in [0, 0.05) is 18.8 Å². The zero-order valence-electron chi connectivity index (χ0n) is 12.6. The fourth-order valence-electron chi connectivity index (χ4n) is 2.97. The lowest BCUT2D eigenvalue weighted by atomic mass is 9.98. The Bertz CT molecular complexity index is 447. The maximum Gasteiger partial charge on any atom is 0.220 e. The van der Waals surface area contributed by atoms with Crippen LogP contribution in [0.3, 0.4) is 0 Å². The van der Waals surface area contributed by atoms with Gasteiger partial charge in [-0.25, -0.2) is 0 Å². The van der Waals surface area contributed by atoms with E-state index in [9.17, 15) is 4.79 Å². The highest BCUT2D eigenvalue weighted by Crippen LogP contribution is 2.31. The maximum absolute atomic E-state index is 11.9. The standard InChI is InChI=1S/C17H24ClNO2/c1-21-16-8-5-13(6-9-16)7-10-17(20)19-12-15-4-2-3-14(15)11-18/h5-6,8-9,14-15H,2-4,7,10-12H2,1H3,(H,19,20). The minimum absolute atomic E-state index is 0.131. The molecule has 1 aromatic carbocycles. The molecule has 1 amide bonds. The van der Waals surface area contributed by atoms with Crippen LogP contribution in [0.2, 0.25) is 0 Å². The molecule has 1 aliphatic rings. The first-order chi connectivity index (χ1) is 10.2. The van der Waals surface area contributed by atoms with E-state index >= 15 is 0 Å². The van der Waals surface area contributed by atoms with Crippen molar-refractivity contribution >= 4 is 17.5 Å². The van der Waals surface area contributed by atoms with Crippen molar-refractivity contribution in [2.45, 2.75) is 32.1 Å². The van der Waals surface area contributed by atoms with Crippen molar-refractivity contribution in [3.05, 3.63) is 29.8 Å². The summed E-state index contributed by atoms with van der Waals surface area (Å²) >= 11 is 5.96. The predicted octanol–water partition coefficient (Wildman–Crippen LogP) is 3.40. The molecule has 1 N–H and O–H groups in total. The lowest BCUT2D eigenvalue weighted by molar-refractivity contribution is -0.121. The summed E-state index contributed by atoms with van der Waals surface area (Å²) in [5, 5.41) is 3.06. The molecule has 1 saturated carbocycles. The quantitative estimate of drug-likeness (QED) is 0.784. The number of halogens is 1. The molecule has 3 nitrogen and oxygen atoms in total. The summed E-state index contributed by atoms with van der Waals surface area (Å²) < 4.78 is 5.12. The van der Waals surface area contributed by atoms with Crippen LogP contribution in [0.4, 0.5) is 0 Å². The van der Waals surface area contributed by atoms with Gasteiger partial charge in [0.05, 0.1) is 7.11 Å². The number of amides is 1. The topological polar surface area (TPSA) is 38.3 Å². The van der Waals surface area contributed by atoms with Gasteiger partial charge in [0.1, 0.15) is 5.75 Å². The molecule has 0 radical (unpaired) electrons. The van der Waals surface area contributed by atoms with E-state index in [0.29, 0.717) is 24.1 Å². The highest BCUT2D eigenvalue weighted by molar-refractivity contribution is 6.18. The Balaban J connectivity index is 1.69. The summed E-state index contributed by atoms with van der Waals surface area (Å²) in [5.41, 5.74) is 1.16. The van der Waals surface area contributed by atoms with Crippen molar-refractivity contribution in [2.75, 3.05) is 19.5 Å². The monoisotopic (exact) mass is 309 g/mol. The summed E-state index contributed by atoms with van der Waals surface area (Å²) in [7, 11) is 1.65. The third kappa shape index (κ3) is 4.92. The van der Waals surface area contributed by atoms with E-state index in [-0.39, 0.29) is 5.91 Å². The van der Waals surface area contributed by atoms with Crippen LogP contribution >= 0.6 is 11.6 Å². The molecule has 0 spiro atoms. The largest absolute Gasteiger partial charge is 0.497 e. The van der Waals surface area contributed by atoms with Crippen LogP contribution in [0.1, 0.15) is 31.2 Å². The number of aryl methyl sites for hydroxylation is 1. The molecule has 0 heterocycles. The fourth-order valence-corrected chi connectivity index (χ4v) is 3.38. The van der Waals surface area contributed by atoms with E-state index in [1.807, 2.05) is 24.3 Å². The van der Waals surface area contributed by atoms with Gasteiger partial charge in [0.2, 0.25) is 5.91 Å². The van der Waals surface area contributed by atoms with E-state index < -0.39 is 0 Å². The van der Waals surface area contributed by atoms with Crippen molar-refractivity contribution in [3.63, 3.8) is 0 Å². The van der Waals surface area contributed by atoms with E-state index in [4.69, 9.17) is 16.3 Å². The first-order valence-corrected chi connectivity index (χ1v) is 8.22. The highest BCUT2D eigenvalue weighted by Gasteiger charge is 2.26. The minimum Gasteiger partial charge on any atom is -0.497 e. The number of hydrogen-bond donors (Lipinski definition) is 1. The second-order valence-corrected chi connectivity index (χ2v) is 6.07.